The Hall–Kier alpha value is -1.68. The summed E-state index contributed by atoms with van der Waals surface area (Å²) in [5, 5.41) is 5.71. The molecule has 1 aliphatic rings. The summed E-state index contributed by atoms with van der Waals surface area (Å²) >= 11 is 0. The summed E-state index contributed by atoms with van der Waals surface area (Å²) in [6.45, 7) is 3.79. The summed E-state index contributed by atoms with van der Waals surface area (Å²) in [4.78, 5) is 11.4. The number of carbonyl (C=O) groups is 1. The number of hydrogen-bond donors (Lipinski definition) is 0. The van der Waals surface area contributed by atoms with Crippen LogP contribution in [-0.2, 0) is 16.1 Å². The minimum atomic E-state index is 0.0931. The highest BCUT2D eigenvalue weighted by Crippen LogP contribution is 2.08. The molecule has 0 unspecified atom stereocenters. The molecular weight excluding hydrogens is 228 g/mol. The van der Waals surface area contributed by atoms with Gasteiger partial charge in [-0.15, -0.1) is 0 Å². The number of carbonyl (C=O) groups excluding carboxylic acids is 1. The second-order valence-corrected chi connectivity index (χ2v) is 4.42. The van der Waals surface area contributed by atoms with Gasteiger partial charge in [0.25, 0.3) is 0 Å². The van der Waals surface area contributed by atoms with Crippen LogP contribution in [0.1, 0.15) is 25.3 Å². The zero-order valence-electron chi connectivity index (χ0n) is 10.6. The van der Waals surface area contributed by atoms with Gasteiger partial charge in [-0.1, -0.05) is 30.3 Å². The molecule has 0 atom stereocenters. The third kappa shape index (κ3) is 3.67. The molecule has 1 amide bonds. The third-order valence-electron chi connectivity index (χ3n) is 2.76. The van der Waals surface area contributed by atoms with E-state index in [9.17, 15) is 4.79 Å². The van der Waals surface area contributed by atoms with Crippen LogP contribution < -0.4 is 0 Å². The summed E-state index contributed by atoms with van der Waals surface area (Å²) in [6.07, 6.45) is 1.28. The largest absolute Gasteiger partial charge is 0.377 e. The Morgan fingerprint density at radius 1 is 1.33 bits per heavy atom. The first-order valence-corrected chi connectivity index (χ1v) is 6.22. The van der Waals surface area contributed by atoms with Crippen LogP contribution in [0.4, 0.5) is 0 Å². The van der Waals surface area contributed by atoms with Gasteiger partial charge in [0.05, 0.1) is 13.0 Å². The van der Waals surface area contributed by atoms with Crippen molar-refractivity contribution < 1.29 is 9.53 Å². The maximum absolute atomic E-state index is 11.4. The van der Waals surface area contributed by atoms with Crippen molar-refractivity contribution in [2.24, 2.45) is 5.10 Å². The molecule has 0 bridgehead atoms. The quantitative estimate of drug-likeness (QED) is 0.722. The Balaban J connectivity index is 1.61. The molecule has 1 aromatic rings. The van der Waals surface area contributed by atoms with Crippen molar-refractivity contribution in [2.75, 3.05) is 13.2 Å². The highest BCUT2D eigenvalue weighted by Gasteiger charge is 2.19. The molecule has 0 saturated carbocycles. The van der Waals surface area contributed by atoms with Crippen LogP contribution in [0.2, 0.25) is 0 Å². The molecule has 1 heterocycles. The molecule has 96 valence electrons. The number of benzene rings is 1. The Kier molecular flexibility index (Phi) is 4.47. The van der Waals surface area contributed by atoms with Crippen molar-refractivity contribution in [3.8, 4) is 0 Å². The molecule has 1 aliphatic heterocycles. The first-order valence-electron chi connectivity index (χ1n) is 6.22. The SMILES string of the molecule is CC1=NN(CCCOCc2ccccc2)C(=O)C1. The smallest absolute Gasteiger partial charge is 0.248 e. The summed E-state index contributed by atoms with van der Waals surface area (Å²) in [7, 11) is 0. The van der Waals surface area contributed by atoms with Crippen LogP contribution in [0.3, 0.4) is 0 Å². The number of ether oxygens (including phenoxy) is 1. The van der Waals surface area contributed by atoms with Crippen LogP contribution in [0, 0.1) is 0 Å². The lowest BCUT2D eigenvalue weighted by atomic mass is 10.2. The minimum absolute atomic E-state index is 0.0931. The molecule has 0 N–H and O–H groups in total. The topological polar surface area (TPSA) is 41.9 Å². The van der Waals surface area contributed by atoms with Crippen molar-refractivity contribution in [1.82, 2.24) is 5.01 Å². The number of hydrazone groups is 1. The van der Waals surface area contributed by atoms with Gasteiger partial charge in [0.1, 0.15) is 0 Å². The van der Waals surface area contributed by atoms with Crippen LogP contribution in [0.15, 0.2) is 35.4 Å². The zero-order chi connectivity index (χ0) is 12.8. The Bertz CT molecular complexity index is 429. The van der Waals surface area contributed by atoms with Crippen molar-refractivity contribution in [3.63, 3.8) is 0 Å². The highest BCUT2D eigenvalue weighted by atomic mass is 16.5. The molecule has 0 aliphatic carbocycles. The second kappa shape index (κ2) is 6.31. The van der Waals surface area contributed by atoms with Gasteiger partial charge >= 0.3 is 0 Å². The van der Waals surface area contributed by atoms with E-state index in [1.165, 1.54) is 5.56 Å². The fraction of sp³-hybridized carbons (Fsp3) is 0.429. The molecule has 0 fully saturated rings. The molecule has 18 heavy (non-hydrogen) atoms. The molecular formula is C14H18N2O2. The van der Waals surface area contributed by atoms with Gasteiger partial charge < -0.3 is 4.74 Å². The molecule has 0 saturated heterocycles. The van der Waals surface area contributed by atoms with Gasteiger partial charge in [-0.05, 0) is 18.9 Å². The Morgan fingerprint density at radius 2 is 2.11 bits per heavy atom. The van der Waals surface area contributed by atoms with E-state index in [0.717, 1.165) is 12.1 Å². The van der Waals surface area contributed by atoms with E-state index in [0.29, 0.717) is 26.2 Å². The number of nitrogens with zero attached hydrogens (tertiary/aromatic N) is 2. The Labute approximate surface area is 107 Å². The monoisotopic (exact) mass is 246 g/mol. The first-order chi connectivity index (χ1) is 8.75. The predicted octanol–water partition coefficient (Wildman–Crippen LogP) is 2.20. The van der Waals surface area contributed by atoms with Crippen LogP contribution in [0.25, 0.3) is 0 Å². The van der Waals surface area contributed by atoms with E-state index in [2.05, 4.69) is 5.10 Å². The van der Waals surface area contributed by atoms with E-state index < -0.39 is 0 Å². The molecule has 4 nitrogen and oxygen atoms in total. The standard InChI is InChI=1S/C14H18N2O2/c1-12-10-14(17)16(15-12)8-5-9-18-11-13-6-3-2-4-7-13/h2-4,6-7H,5,8-11H2,1H3. The summed E-state index contributed by atoms with van der Waals surface area (Å²) < 4.78 is 5.56. The normalized spacial score (nSPS) is 15.1. The van der Waals surface area contributed by atoms with Crippen LogP contribution in [0.5, 0.6) is 0 Å². The average molecular weight is 246 g/mol. The van der Waals surface area contributed by atoms with Crippen molar-refractivity contribution >= 4 is 11.6 Å². The lowest BCUT2D eigenvalue weighted by Crippen LogP contribution is -2.22. The molecule has 0 radical (unpaired) electrons. The maximum Gasteiger partial charge on any atom is 0.248 e. The maximum atomic E-state index is 11.4. The third-order valence-corrected chi connectivity index (χ3v) is 2.76. The van der Waals surface area contributed by atoms with E-state index in [1.807, 2.05) is 37.3 Å². The van der Waals surface area contributed by atoms with Gasteiger partial charge in [0, 0.05) is 18.9 Å². The lowest BCUT2D eigenvalue weighted by molar-refractivity contribution is -0.128. The summed E-state index contributed by atoms with van der Waals surface area (Å²) in [6, 6.07) is 10.1. The van der Waals surface area contributed by atoms with Crippen LogP contribution in [-0.4, -0.2) is 29.8 Å². The first kappa shape index (κ1) is 12.8. The van der Waals surface area contributed by atoms with Gasteiger partial charge in [0.2, 0.25) is 5.91 Å². The van der Waals surface area contributed by atoms with Crippen LogP contribution >= 0.6 is 0 Å². The summed E-state index contributed by atoms with van der Waals surface area (Å²) in [5.74, 6) is 0.0931. The lowest BCUT2D eigenvalue weighted by Gasteiger charge is -2.11. The number of rotatable bonds is 6. The average Bonchev–Trinajstić information content (AvgIpc) is 2.69. The van der Waals surface area contributed by atoms with E-state index in [1.54, 1.807) is 5.01 Å². The molecule has 2 rings (SSSR count). The van der Waals surface area contributed by atoms with Crippen molar-refractivity contribution in [3.05, 3.63) is 35.9 Å². The summed E-state index contributed by atoms with van der Waals surface area (Å²) in [5.41, 5.74) is 2.06. The van der Waals surface area contributed by atoms with Crippen molar-refractivity contribution in [2.45, 2.75) is 26.4 Å². The fourth-order valence-electron chi connectivity index (χ4n) is 1.86. The Morgan fingerprint density at radius 3 is 2.78 bits per heavy atom. The fourth-order valence-corrected chi connectivity index (χ4v) is 1.86. The highest BCUT2D eigenvalue weighted by molar-refractivity contribution is 6.03. The van der Waals surface area contributed by atoms with Gasteiger partial charge in [-0.3, -0.25) is 4.79 Å². The predicted molar refractivity (Wildman–Crippen MR) is 70.2 cm³/mol. The van der Waals surface area contributed by atoms with Gasteiger partial charge in [-0.25, -0.2) is 5.01 Å². The number of amides is 1. The van der Waals surface area contributed by atoms with E-state index in [-0.39, 0.29) is 5.91 Å². The van der Waals surface area contributed by atoms with Crippen molar-refractivity contribution in [1.29, 1.82) is 0 Å². The van der Waals surface area contributed by atoms with E-state index >= 15 is 0 Å². The number of hydrogen-bond acceptors (Lipinski definition) is 3. The molecule has 1 aromatic carbocycles. The molecule has 4 heteroatoms. The minimum Gasteiger partial charge on any atom is -0.377 e. The zero-order valence-corrected chi connectivity index (χ0v) is 10.6. The second-order valence-electron chi connectivity index (χ2n) is 4.42. The van der Waals surface area contributed by atoms with Gasteiger partial charge in [-0.2, -0.15) is 5.10 Å². The molecule has 0 aromatic heterocycles. The van der Waals surface area contributed by atoms with E-state index in [4.69, 9.17) is 4.74 Å². The molecule has 0 spiro atoms. The van der Waals surface area contributed by atoms with Gasteiger partial charge in [0.15, 0.2) is 0 Å².